The highest BCUT2D eigenvalue weighted by molar-refractivity contribution is 7.15. The van der Waals surface area contributed by atoms with Crippen LogP contribution in [0.2, 0.25) is 0 Å². The highest BCUT2D eigenvalue weighted by Crippen LogP contribution is 2.22. The van der Waals surface area contributed by atoms with Crippen LogP contribution in [0.4, 0.5) is 9.52 Å². The fraction of sp³-hybridized carbons (Fsp3) is 0.294. The average Bonchev–Trinajstić information content (AvgIpc) is 3.00. The lowest BCUT2D eigenvalue weighted by Crippen LogP contribution is -2.13. The van der Waals surface area contributed by atoms with Crippen molar-refractivity contribution in [1.29, 1.82) is 0 Å². The summed E-state index contributed by atoms with van der Waals surface area (Å²) in [5.41, 5.74) is 1.66. The number of amides is 1. The van der Waals surface area contributed by atoms with E-state index in [2.05, 4.69) is 27.4 Å². The van der Waals surface area contributed by atoms with E-state index < -0.39 is 5.82 Å². The Hall–Kier alpha value is -2.41. The second kappa shape index (κ2) is 7.00. The Bertz CT molecular complexity index is 893. The molecule has 7 heteroatoms. The van der Waals surface area contributed by atoms with Crippen molar-refractivity contribution >= 4 is 33.3 Å². The number of carbonyl (C=O) groups is 1. The summed E-state index contributed by atoms with van der Waals surface area (Å²) < 4.78 is 13.5. The number of aromatic nitrogens is 3. The summed E-state index contributed by atoms with van der Waals surface area (Å²) in [6, 6.07) is 5.88. The lowest BCUT2D eigenvalue weighted by atomic mass is 10.1. The summed E-state index contributed by atoms with van der Waals surface area (Å²) in [4.78, 5) is 16.9. The summed E-state index contributed by atoms with van der Waals surface area (Å²) >= 11 is 1.36. The van der Waals surface area contributed by atoms with E-state index in [9.17, 15) is 9.18 Å². The maximum atomic E-state index is 13.5. The fourth-order valence-electron chi connectivity index (χ4n) is 2.42. The van der Waals surface area contributed by atoms with E-state index in [1.807, 2.05) is 0 Å². The quantitative estimate of drug-likeness (QED) is 0.756. The Labute approximate surface area is 143 Å². The molecule has 0 aliphatic carbocycles. The second-order valence-corrected chi connectivity index (χ2v) is 6.59. The number of hydrogen-bond acceptors (Lipinski definition) is 5. The van der Waals surface area contributed by atoms with Gasteiger partial charge in [-0.15, -0.1) is 10.2 Å². The number of carbonyl (C=O) groups excluding carboxylic acids is 1. The Morgan fingerprint density at radius 3 is 2.92 bits per heavy atom. The monoisotopic (exact) mass is 344 g/mol. The third-order valence-corrected chi connectivity index (χ3v) is 4.47. The summed E-state index contributed by atoms with van der Waals surface area (Å²) in [5.74, 6) is -0.741. The van der Waals surface area contributed by atoms with Crippen LogP contribution >= 0.6 is 11.3 Å². The van der Waals surface area contributed by atoms with E-state index in [1.54, 1.807) is 19.1 Å². The zero-order chi connectivity index (χ0) is 17.1. The topological polar surface area (TPSA) is 67.8 Å². The van der Waals surface area contributed by atoms with Gasteiger partial charge in [0.15, 0.2) is 0 Å². The number of pyridine rings is 1. The van der Waals surface area contributed by atoms with Gasteiger partial charge in [0.1, 0.15) is 10.8 Å². The lowest BCUT2D eigenvalue weighted by Gasteiger charge is -2.07. The molecule has 2 heterocycles. The minimum Gasteiger partial charge on any atom is -0.296 e. The number of benzene rings is 1. The SMILES string of the molecule is CCCCc1nnc(NC(=O)c2cc(C)nc3ccc(F)cc23)s1. The highest BCUT2D eigenvalue weighted by Gasteiger charge is 2.15. The van der Waals surface area contributed by atoms with Gasteiger partial charge >= 0.3 is 0 Å². The molecule has 0 aliphatic rings. The predicted molar refractivity (Wildman–Crippen MR) is 92.9 cm³/mol. The first-order valence-corrected chi connectivity index (χ1v) is 8.59. The molecule has 124 valence electrons. The Balaban J connectivity index is 1.88. The molecule has 0 atom stereocenters. The van der Waals surface area contributed by atoms with Crippen molar-refractivity contribution in [3.05, 3.63) is 46.3 Å². The van der Waals surface area contributed by atoms with E-state index in [0.29, 0.717) is 27.3 Å². The molecule has 0 spiro atoms. The maximum Gasteiger partial charge on any atom is 0.258 e. The smallest absolute Gasteiger partial charge is 0.258 e. The summed E-state index contributed by atoms with van der Waals surface area (Å²) in [5, 5.41) is 12.7. The molecule has 0 bridgehead atoms. The zero-order valence-corrected chi connectivity index (χ0v) is 14.3. The largest absolute Gasteiger partial charge is 0.296 e. The Morgan fingerprint density at radius 1 is 1.29 bits per heavy atom. The molecule has 1 N–H and O–H groups in total. The molecule has 0 aliphatic heterocycles. The van der Waals surface area contributed by atoms with Crippen molar-refractivity contribution in [2.45, 2.75) is 33.1 Å². The van der Waals surface area contributed by atoms with Crippen molar-refractivity contribution in [2.75, 3.05) is 5.32 Å². The third kappa shape index (κ3) is 3.56. The number of unbranched alkanes of at least 4 members (excludes halogenated alkanes) is 1. The number of fused-ring (bicyclic) bond motifs is 1. The average molecular weight is 344 g/mol. The van der Waals surface area contributed by atoms with Gasteiger partial charge in [0.25, 0.3) is 5.91 Å². The normalized spacial score (nSPS) is 11.0. The molecule has 1 aromatic carbocycles. The number of halogens is 1. The summed E-state index contributed by atoms with van der Waals surface area (Å²) in [6.45, 7) is 3.91. The number of nitrogens with one attached hydrogen (secondary N) is 1. The first kappa shape index (κ1) is 16.4. The van der Waals surface area contributed by atoms with Gasteiger partial charge in [0.2, 0.25) is 5.13 Å². The standard InChI is InChI=1S/C17H17FN4OS/c1-3-4-5-15-21-22-17(24-15)20-16(23)13-8-10(2)19-14-7-6-11(18)9-12(13)14/h6-9H,3-5H2,1-2H3,(H,20,22,23). The van der Waals surface area contributed by atoms with Crippen molar-refractivity contribution < 1.29 is 9.18 Å². The highest BCUT2D eigenvalue weighted by atomic mass is 32.1. The van der Waals surface area contributed by atoms with Crippen LogP contribution < -0.4 is 5.32 Å². The number of rotatable bonds is 5. The van der Waals surface area contributed by atoms with Gasteiger partial charge in [0.05, 0.1) is 11.1 Å². The van der Waals surface area contributed by atoms with Crippen LogP contribution in [0.1, 0.15) is 40.8 Å². The van der Waals surface area contributed by atoms with Crippen LogP contribution in [0.25, 0.3) is 10.9 Å². The van der Waals surface area contributed by atoms with Gasteiger partial charge in [-0.05, 0) is 37.6 Å². The number of anilines is 1. The van der Waals surface area contributed by atoms with Crippen molar-refractivity contribution in [3.8, 4) is 0 Å². The lowest BCUT2D eigenvalue weighted by molar-refractivity contribution is 0.102. The van der Waals surface area contributed by atoms with E-state index in [4.69, 9.17) is 0 Å². The maximum absolute atomic E-state index is 13.5. The molecule has 2 aromatic heterocycles. The van der Waals surface area contributed by atoms with E-state index in [1.165, 1.54) is 23.5 Å². The van der Waals surface area contributed by atoms with Crippen LogP contribution in [0, 0.1) is 12.7 Å². The van der Waals surface area contributed by atoms with Crippen LogP contribution in [-0.4, -0.2) is 21.1 Å². The van der Waals surface area contributed by atoms with Crippen LogP contribution in [0.15, 0.2) is 24.3 Å². The molecule has 3 aromatic rings. The second-order valence-electron chi connectivity index (χ2n) is 5.53. The van der Waals surface area contributed by atoms with Crippen molar-refractivity contribution in [3.63, 3.8) is 0 Å². The number of aryl methyl sites for hydroxylation is 2. The molecule has 0 radical (unpaired) electrons. The molecule has 5 nitrogen and oxygen atoms in total. The summed E-state index contributed by atoms with van der Waals surface area (Å²) in [7, 11) is 0. The van der Waals surface area contributed by atoms with Gasteiger partial charge in [0, 0.05) is 17.5 Å². The molecule has 1 amide bonds. The zero-order valence-electron chi connectivity index (χ0n) is 13.5. The van der Waals surface area contributed by atoms with Crippen molar-refractivity contribution in [1.82, 2.24) is 15.2 Å². The van der Waals surface area contributed by atoms with Crippen LogP contribution in [-0.2, 0) is 6.42 Å². The first-order chi connectivity index (χ1) is 11.6. The minimum absolute atomic E-state index is 0.339. The molecule has 0 fully saturated rings. The van der Waals surface area contributed by atoms with Gasteiger partial charge in [-0.2, -0.15) is 0 Å². The Kier molecular flexibility index (Phi) is 4.80. The number of hydrogen-bond donors (Lipinski definition) is 1. The summed E-state index contributed by atoms with van der Waals surface area (Å²) in [6.07, 6.45) is 2.97. The van der Waals surface area contributed by atoms with E-state index >= 15 is 0 Å². The van der Waals surface area contributed by atoms with Crippen molar-refractivity contribution in [2.24, 2.45) is 0 Å². The molecule has 0 saturated carbocycles. The van der Waals surface area contributed by atoms with Crippen LogP contribution in [0.5, 0.6) is 0 Å². The Morgan fingerprint density at radius 2 is 2.12 bits per heavy atom. The molecular formula is C17H17FN4OS. The van der Waals surface area contributed by atoms with Crippen LogP contribution in [0.3, 0.4) is 0 Å². The third-order valence-electron chi connectivity index (χ3n) is 3.57. The van der Waals surface area contributed by atoms with E-state index in [-0.39, 0.29) is 5.91 Å². The first-order valence-electron chi connectivity index (χ1n) is 7.77. The minimum atomic E-state index is -0.403. The molecule has 0 unspecified atom stereocenters. The predicted octanol–water partition coefficient (Wildman–Crippen LogP) is 4.13. The molecule has 24 heavy (non-hydrogen) atoms. The molecule has 3 rings (SSSR count). The van der Waals surface area contributed by atoms with Gasteiger partial charge < -0.3 is 0 Å². The number of nitrogens with zero attached hydrogens (tertiary/aromatic N) is 3. The van der Waals surface area contributed by atoms with Gasteiger partial charge in [-0.3, -0.25) is 15.1 Å². The fourth-order valence-corrected chi connectivity index (χ4v) is 3.19. The molecular weight excluding hydrogens is 327 g/mol. The van der Waals surface area contributed by atoms with Gasteiger partial charge in [-0.25, -0.2) is 4.39 Å². The van der Waals surface area contributed by atoms with E-state index in [0.717, 1.165) is 24.3 Å². The van der Waals surface area contributed by atoms with Gasteiger partial charge in [-0.1, -0.05) is 24.7 Å². The molecule has 0 saturated heterocycles.